The van der Waals surface area contributed by atoms with Crippen LogP contribution in [0.15, 0.2) is 49.6 Å². The Balaban J connectivity index is 1.82. The van der Waals surface area contributed by atoms with Gasteiger partial charge in [-0.2, -0.15) is 0 Å². The molecular weight excluding hydrogens is 520 g/mol. The number of nitrogens with zero attached hydrogens (tertiary/aromatic N) is 2. The van der Waals surface area contributed by atoms with Gasteiger partial charge in [0, 0.05) is 6.54 Å². The van der Waals surface area contributed by atoms with Gasteiger partial charge in [0.2, 0.25) is 5.91 Å². The van der Waals surface area contributed by atoms with Crippen LogP contribution in [-0.2, 0) is 23.9 Å². The Morgan fingerprint density at radius 1 is 1.33 bits per heavy atom. The Kier molecular flexibility index (Phi) is 8.59. The second kappa shape index (κ2) is 11.4. The van der Waals surface area contributed by atoms with E-state index >= 15 is 0 Å². The highest BCUT2D eigenvalue weighted by atomic mass is 35.5. The summed E-state index contributed by atoms with van der Waals surface area (Å²) in [7, 11) is 0. The molecule has 2 amide bonds. The van der Waals surface area contributed by atoms with Crippen LogP contribution in [0.2, 0.25) is 5.02 Å². The zero-order valence-electron chi connectivity index (χ0n) is 23.0. The van der Waals surface area contributed by atoms with Crippen LogP contribution < -0.4 is 4.90 Å². The van der Waals surface area contributed by atoms with E-state index in [1.54, 1.807) is 36.4 Å². The second-order valence-electron chi connectivity index (χ2n) is 11.0. The van der Waals surface area contributed by atoms with Gasteiger partial charge in [0.15, 0.2) is 0 Å². The summed E-state index contributed by atoms with van der Waals surface area (Å²) < 4.78 is 12.4. The van der Waals surface area contributed by atoms with Crippen LogP contribution in [0.5, 0.6) is 0 Å². The highest BCUT2D eigenvalue weighted by Crippen LogP contribution is 2.65. The molecule has 0 radical (unpaired) electrons. The summed E-state index contributed by atoms with van der Waals surface area (Å²) in [5, 5.41) is 10.7. The van der Waals surface area contributed by atoms with E-state index in [9.17, 15) is 19.5 Å². The van der Waals surface area contributed by atoms with Crippen LogP contribution in [0.4, 0.5) is 5.69 Å². The number of halogens is 1. The van der Waals surface area contributed by atoms with Gasteiger partial charge in [-0.15, -0.1) is 13.2 Å². The number of hydrogen-bond donors (Lipinski definition) is 1. The third-order valence-electron chi connectivity index (χ3n) is 8.83. The number of hydrogen-bond acceptors (Lipinski definition) is 6. The Bertz CT molecular complexity index is 1140. The van der Waals surface area contributed by atoms with Crippen molar-refractivity contribution in [3.8, 4) is 0 Å². The number of anilines is 1. The smallest absolute Gasteiger partial charge is 0.312 e. The van der Waals surface area contributed by atoms with E-state index in [-0.39, 0.29) is 37.5 Å². The Labute approximate surface area is 235 Å². The number of unbranched alkanes of at least 4 members (excludes halogenated alkanes) is 1. The molecule has 1 aromatic rings. The van der Waals surface area contributed by atoms with Gasteiger partial charge in [-0.3, -0.25) is 14.4 Å². The molecule has 3 fully saturated rings. The van der Waals surface area contributed by atoms with Gasteiger partial charge in [0.25, 0.3) is 5.91 Å². The van der Waals surface area contributed by atoms with Crippen LogP contribution in [0.25, 0.3) is 0 Å². The molecule has 3 saturated heterocycles. The SMILES string of the molecule is C=CCCCOC(=O)[C@H]1[C@H]2C(=O)N([C@@H](CC)CO)C(C(=O)N(CC=C)c3ccccc3Cl)C23CC(C)[C@]1(C)O3. The van der Waals surface area contributed by atoms with E-state index in [4.69, 9.17) is 21.1 Å². The number of carbonyl (C=O) groups is 3. The summed E-state index contributed by atoms with van der Waals surface area (Å²) >= 11 is 6.51. The van der Waals surface area contributed by atoms with E-state index in [0.717, 1.165) is 0 Å². The topological polar surface area (TPSA) is 96.4 Å². The number of esters is 1. The number of fused-ring (bicyclic) bond motifs is 1. The molecule has 0 aliphatic carbocycles. The maximum atomic E-state index is 14.6. The molecular formula is C30H39ClN2O6. The monoisotopic (exact) mass is 558 g/mol. The molecule has 3 unspecified atom stereocenters. The number of aliphatic hydroxyl groups is 1. The fourth-order valence-electron chi connectivity index (χ4n) is 6.87. The van der Waals surface area contributed by atoms with Crippen molar-refractivity contribution in [2.45, 2.75) is 69.7 Å². The zero-order valence-corrected chi connectivity index (χ0v) is 23.7. The summed E-state index contributed by atoms with van der Waals surface area (Å²) in [6.45, 7) is 13.2. The largest absolute Gasteiger partial charge is 0.465 e. The highest BCUT2D eigenvalue weighted by molar-refractivity contribution is 6.34. The number of allylic oxidation sites excluding steroid dienone is 1. The predicted octanol–water partition coefficient (Wildman–Crippen LogP) is 4.15. The van der Waals surface area contributed by atoms with E-state index in [1.165, 1.54) is 9.80 Å². The van der Waals surface area contributed by atoms with Gasteiger partial charge in [-0.1, -0.05) is 49.7 Å². The van der Waals surface area contributed by atoms with Crippen LogP contribution in [-0.4, -0.2) is 70.8 Å². The van der Waals surface area contributed by atoms with Crippen molar-refractivity contribution in [1.82, 2.24) is 4.90 Å². The molecule has 7 atom stereocenters. The standard InChI is InChI=1S/C30H39ClN2O6/c1-6-9-12-16-38-28(37)24-23-26(35)33(20(8-3)18-34)25(30(23)17-19(4)29(24,5)39-30)27(36)32(15-7-2)22-14-11-10-13-21(22)31/h6-7,10-11,13-14,19-20,23-25,34H,1-2,8-9,12,15-18H2,3-5H3/t19?,20-,23-,24+,25?,29-,30?/m0/s1. The van der Waals surface area contributed by atoms with Crippen LogP contribution in [0, 0.1) is 17.8 Å². The van der Waals surface area contributed by atoms with Crippen molar-refractivity contribution in [3.63, 3.8) is 0 Å². The van der Waals surface area contributed by atoms with Crippen LogP contribution in [0.1, 0.15) is 46.5 Å². The quantitative estimate of drug-likeness (QED) is 0.235. The molecule has 0 aromatic heterocycles. The molecule has 2 bridgehead atoms. The average molecular weight is 559 g/mol. The maximum Gasteiger partial charge on any atom is 0.312 e. The number of likely N-dealkylation sites (tertiary alicyclic amines) is 1. The van der Waals surface area contributed by atoms with Crippen molar-refractivity contribution >= 4 is 35.1 Å². The van der Waals surface area contributed by atoms with Gasteiger partial charge in [-0.25, -0.2) is 0 Å². The van der Waals surface area contributed by atoms with Gasteiger partial charge < -0.3 is 24.4 Å². The van der Waals surface area contributed by atoms with E-state index < -0.39 is 41.1 Å². The lowest BCUT2D eigenvalue weighted by Gasteiger charge is -2.39. The number of aliphatic hydroxyl groups excluding tert-OH is 1. The van der Waals surface area contributed by atoms with Gasteiger partial charge >= 0.3 is 5.97 Å². The first kappa shape index (κ1) is 29.3. The Hall–Kier alpha value is -2.68. The maximum absolute atomic E-state index is 14.6. The third kappa shape index (κ3) is 4.60. The van der Waals surface area contributed by atoms with Crippen molar-refractivity contribution in [1.29, 1.82) is 0 Å². The first-order chi connectivity index (χ1) is 18.6. The van der Waals surface area contributed by atoms with Crippen molar-refractivity contribution < 1.29 is 29.0 Å². The minimum atomic E-state index is -1.25. The highest BCUT2D eigenvalue weighted by Gasteiger charge is 2.80. The lowest BCUT2D eigenvalue weighted by atomic mass is 9.62. The van der Waals surface area contributed by atoms with Crippen LogP contribution in [0.3, 0.4) is 0 Å². The number of rotatable bonds is 12. The first-order valence-electron chi connectivity index (χ1n) is 13.7. The lowest BCUT2D eigenvalue weighted by Crippen LogP contribution is -2.59. The molecule has 4 rings (SSSR count). The molecule has 39 heavy (non-hydrogen) atoms. The molecule has 212 valence electrons. The number of amides is 2. The van der Waals surface area contributed by atoms with Gasteiger partial charge in [0.1, 0.15) is 17.6 Å². The molecule has 3 aliphatic heterocycles. The normalized spacial score (nSPS) is 31.6. The predicted molar refractivity (Wildman–Crippen MR) is 149 cm³/mol. The van der Waals surface area contributed by atoms with Crippen molar-refractivity contribution in [2.24, 2.45) is 17.8 Å². The zero-order chi connectivity index (χ0) is 28.5. The second-order valence-corrected chi connectivity index (χ2v) is 11.4. The van der Waals surface area contributed by atoms with Crippen LogP contribution >= 0.6 is 11.6 Å². The molecule has 3 heterocycles. The number of benzene rings is 1. The molecule has 0 saturated carbocycles. The van der Waals surface area contributed by atoms with Gasteiger partial charge in [-0.05, 0) is 50.7 Å². The van der Waals surface area contributed by atoms with Gasteiger partial charge in [0.05, 0.1) is 41.5 Å². The van der Waals surface area contributed by atoms with E-state index in [2.05, 4.69) is 13.2 Å². The average Bonchev–Trinajstić information content (AvgIpc) is 3.43. The molecule has 8 nitrogen and oxygen atoms in total. The van der Waals surface area contributed by atoms with E-state index in [0.29, 0.717) is 36.4 Å². The third-order valence-corrected chi connectivity index (χ3v) is 9.15. The van der Waals surface area contributed by atoms with Crippen molar-refractivity contribution in [2.75, 3.05) is 24.7 Å². The molecule has 1 aromatic carbocycles. The number of ether oxygens (including phenoxy) is 2. The number of para-hydroxylation sites is 1. The summed E-state index contributed by atoms with van der Waals surface area (Å²) in [5.41, 5.74) is -1.75. The van der Waals surface area contributed by atoms with Crippen molar-refractivity contribution in [3.05, 3.63) is 54.6 Å². The fraction of sp³-hybridized carbons (Fsp3) is 0.567. The molecule has 9 heteroatoms. The van der Waals surface area contributed by atoms with E-state index in [1.807, 2.05) is 20.8 Å². The summed E-state index contributed by atoms with van der Waals surface area (Å²) in [6.07, 6.45) is 5.53. The minimum Gasteiger partial charge on any atom is -0.465 e. The molecule has 1 spiro atoms. The minimum absolute atomic E-state index is 0.120. The Morgan fingerprint density at radius 3 is 2.67 bits per heavy atom. The lowest BCUT2D eigenvalue weighted by molar-refractivity contribution is -0.162. The Morgan fingerprint density at radius 2 is 2.05 bits per heavy atom. The molecule has 1 N–H and O–H groups in total. The fourth-order valence-corrected chi connectivity index (χ4v) is 7.10. The summed E-state index contributed by atoms with van der Waals surface area (Å²) in [6, 6.07) is 5.30. The summed E-state index contributed by atoms with van der Waals surface area (Å²) in [5.74, 6) is -3.14. The molecule has 3 aliphatic rings. The summed E-state index contributed by atoms with van der Waals surface area (Å²) in [4.78, 5) is 45.4. The number of carbonyl (C=O) groups excluding carboxylic acids is 3. The first-order valence-corrected chi connectivity index (χ1v) is 14.1.